The minimum atomic E-state index is -0.594. The molecule has 1 atom stereocenters. The summed E-state index contributed by atoms with van der Waals surface area (Å²) in [6.07, 6.45) is 3.33. The van der Waals surface area contributed by atoms with E-state index in [4.69, 9.17) is 4.74 Å². The summed E-state index contributed by atoms with van der Waals surface area (Å²) in [6.45, 7) is 4.51. The average molecular weight is 413 g/mol. The molecule has 4 rings (SSSR count). The van der Waals surface area contributed by atoms with E-state index in [2.05, 4.69) is 15.1 Å². The van der Waals surface area contributed by atoms with Gasteiger partial charge in [-0.3, -0.25) is 10.00 Å². The van der Waals surface area contributed by atoms with Crippen molar-refractivity contribution in [2.45, 2.75) is 32.2 Å². The van der Waals surface area contributed by atoms with Crippen molar-refractivity contribution in [3.05, 3.63) is 65.5 Å². The maximum atomic E-state index is 14.3. The molecule has 30 heavy (non-hydrogen) atoms. The highest BCUT2D eigenvalue weighted by atomic mass is 19.1. The number of aromatic hydroxyl groups is 1. The number of aromatic nitrogens is 2. The van der Waals surface area contributed by atoms with Crippen LogP contribution in [0, 0.1) is 11.6 Å². The number of nitrogens with zero attached hydrogens (tertiary/aromatic N) is 2. The molecule has 3 aromatic rings. The molecular weight excluding hydrogens is 388 g/mol. The average Bonchev–Trinajstić information content (AvgIpc) is 3.21. The summed E-state index contributed by atoms with van der Waals surface area (Å²) in [4.78, 5) is 2.24. The number of benzene rings is 2. The number of H-pyrrole nitrogens is 1. The van der Waals surface area contributed by atoms with Gasteiger partial charge in [-0.1, -0.05) is 18.2 Å². The van der Waals surface area contributed by atoms with E-state index in [0.717, 1.165) is 30.6 Å². The van der Waals surface area contributed by atoms with Gasteiger partial charge in [0.25, 0.3) is 0 Å². The van der Waals surface area contributed by atoms with E-state index < -0.39 is 11.6 Å². The number of halogens is 2. The molecular formula is C23H25F2N3O2. The highest BCUT2D eigenvalue weighted by Gasteiger charge is 2.27. The van der Waals surface area contributed by atoms with Gasteiger partial charge in [-0.05, 0) is 44.5 Å². The van der Waals surface area contributed by atoms with Crippen LogP contribution >= 0.6 is 0 Å². The van der Waals surface area contributed by atoms with Crippen LogP contribution in [0.4, 0.5) is 8.78 Å². The van der Waals surface area contributed by atoms with Crippen LogP contribution in [0.3, 0.4) is 0 Å². The molecule has 2 N–H and O–H groups in total. The lowest BCUT2D eigenvalue weighted by Gasteiger charge is -2.33. The highest BCUT2D eigenvalue weighted by Crippen LogP contribution is 2.37. The minimum absolute atomic E-state index is 0.0413. The van der Waals surface area contributed by atoms with E-state index in [1.807, 2.05) is 19.1 Å². The van der Waals surface area contributed by atoms with Gasteiger partial charge in [0.05, 0.1) is 18.4 Å². The van der Waals surface area contributed by atoms with Crippen molar-refractivity contribution >= 4 is 0 Å². The van der Waals surface area contributed by atoms with Crippen molar-refractivity contribution in [3.63, 3.8) is 0 Å². The van der Waals surface area contributed by atoms with Crippen LogP contribution in [0.1, 0.15) is 36.9 Å². The van der Waals surface area contributed by atoms with Crippen molar-refractivity contribution in [2.24, 2.45) is 0 Å². The number of piperidine rings is 1. The summed E-state index contributed by atoms with van der Waals surface area (Å²) in [5.41, 5.74) is 1.97. The number of phenols is 1. The van der Waals surface area contributed by atoms with Crippen LogP contribution in [0.15, 0.2) is 42.6 Å². The van der Waals surface area contributed by atoms with Crippen LogP contribution in [-0.4, -0.2) is 39.9 Å². The lowest BCUT2D eigenvalue weighted by atomic mass is 9.90. The van der Waals surface area contributed by atoms with Crippen LogP contribution in [0.25, 0.3) is 11.1 Å². The van der Waals surface area contributed by atoms with Crippen LogP contribution in [0.2, 0.25) is 0 Å². The number of nitrogens with one attached hydrogen (secondary N) is 1. The lowest BCUT2D eigenvalue weighted by molar-refractivity contribution is 0.196. The van der Waals surface area contributed by atoms with Gasteiger partial charge in [-0.15, -0.1) is 0 Å². The highest BCUT2D eigenvalue weighted by molar-refractivity contribution is 5.67. The monoisotopic (exact) mass is 413 g/mol. The Morgan fingerprint density at radius 1 is 1.20 bits per heavy atom. The zero-order valence-corrected chi connectivity index (χ0v) is 16.9. The summed E-state index contributed by atoms with van der Waals surface area (Å²) >= 11 is 0. The van der Waals surface area contributed by atoms with Crippen LogP contribution in [0.5, 0.6) is 11.5 Å². The van der Waals surface area contributed by atoms with Crippen LogP contribution in [-0.2, 0) is 6.54 Å². The third-order valence-corrected chi connectivity index (χ3v) is 5.59. The Balaban J connectivity index is 1.55. The third kappa shape index (κ3) is 4.03. The Bertz CT molecular complexity index is 1000. The molecule has 2 heterocycles. The number of rotatable bonds is 6. The van der Waals surface area contributed by atoms with Gasteiger partial charge in [0, 0.05) is 35.8 Å². The second-order valence-electron chi connectivity index (χ2n) is 7.57. The Hall–Kier alpha value is -2.93. The standard InChI is InChI=1S/C23H25F2N3O2/c1-2-30-20-10-3-6-16(23(20)29)14-28-11-5-7-15(13-28)22-17(12-26-27-22)21-18(24)8-4-9-19(21)25/h3-4,6,8-10,12,15,29H,2,5,7,11,13-14H2,1H3,(H,26,27). The fraction of sp³-hybridized carbons (Fsp3) is 0.348. The van der Waals surface area contributed by atoms with Gasteiger partial charge in [-0.25, -0.2) is 8.78 Å². The van der Waals surface area contributed by atoms with Crippen molar-refractivity contribution < 1.29 is 18.6 Å². The molecule has 0 bridgehead atoms. The molecule has 1 aliphatic heterocycles. The Labute approximate surface area is 174 Å². The quantitative estimate of drug-likeness (QED) is 0.607. The fourth-order valence-corrected chi connectivity index (χ4v) is 4.20. The molecule has 1 saturated heterocycles. The smallest absolute Gasteiger partial charge is 0.162 e. The number of likely N-dealkylation sites (tertiary alicyclic amines) is 1. The summed E-state index contributed by atoms with van der Waals surface area (Å²) in [5.74, 6) is -0.481. The molecule has 1 fully saturated rings. The molecule has 0 amide bonds. The molecule has 7 heteroatoms. The molecule has 1 unspecified atom stereocenters. The van der Waals surface area contributed by atoms with Gasteiger partial charge in [0.15, 0.2) is 11.5 Å². The zero-order chi connectivity index (χ0) is 21.1. The van der Waals surface area contributed by atoms with Gasteiger partial charge in [0.1, 0.15) is 11.6 Å². The van der Waals surface area contributed by atoms with E-state index in [1.165, 1.54) is 24.4 Å². The van der Waals surface area contributed by atoms with Gasteiger partial charge in [-0.2, -0.15) is 5.10 Å². The molecule has 0 spiro atoms. The maximum absolute atomic E-state index is 14.3. The molecule has 158 valence electrons. The fourth-order valence-electron chi connectivity index (χ4n) is 4.20. The predicted molar refractivity (Wildman–Crippen MR) is 110 cm³/mol. The summed E-state index contributed by atoms with van der Waals surface area (Å²) in [6, 6.07) is 9.39. The largest absolute Gasteiger partial charge is 0.504 e. The van der Waals surface area contributed by atoms with Crippen molar-refractivity contribution in [1.29, 1.82) is 0 Å². The normalized spacial score (nSPS) is 17.2. The molecule has 0 aliphatic carbocycles. The predicted octanol–water partition coefficient (Wildman–Crippen LogP) is 4.84. The molecule has 2 aromatic carbocycles. The second-order valence-corrected chi connectivity index (χ2v) is 7.57. The second kappa shape index (κ2) is 8.83. The first kappa shape index (κ1) is 20.3. The number of phenolic OH excluding ortho intramolecular Hbond substituents is 1. The number of hydrogen-bond donors (Lipinski definition) is 2. The number of aromatic amines is 1. The molecule has 0 radical (unpaired) electrons. The maximum Gasteiger partial charge on any atom is 0.162 e. The summed E-state index contributed by atoms with van der Waals surface area (Å²) in [5, 5.41) is 17.6. The SMILES string of the molecule is CCOc1cccc(CN2CCCC(c3[nH]ncc3-c3c(F)cccc3F)C2)c1O. The Morgan fingerprint density at radius 3 is 2.73 bits per heavy atom. The van der Waals surface area contributed by atoms with E-state index in [-0.39, 0.29) is 17.2 Å². The van der Waals surface area contributed by atoms with Crippen molar-refractivity contribution in [1.82, 2.24) is 15.1 Å². The Morgan fingerprint density at radius 2 is 1.97 bits per heavy atom. The topological polar surface area (TPSA) is 61.4 Å². The number of hydrogen-bond acceptors (Lipinski definition) is 4. The number of ether oxygens (including phenoxy) is 1. The van der Waals surface area contributed by atoms with Crippen molar-refractivity contribution in [2.75, 3.05) is 19.7 Å². The molecule has 5 nitrogen and oxygen atoms in total. The summed E-state index contributed by atoms with van der Waals surface area (Å²) in [7, 11) is 0. The minimum Gasteiger partial charge on any atom is -0.504 e. The molecule has 0 saturated carbocycles. The van der Waals surface area contributed by atoms with Gasteiger partial charge >= 0.3 is 0 Å². The first-order valence-electron chi connectivity index (χ1n) is 10.2. The first-order valence-corrected chi connectivity index (χ1v) is 10.2. The third-order valence-electron chi connectivity index (χ3n) is 5.59. The van der Waals surface area contributed by atoms with E-state index in [0.29, 0.717) is 31.0 Å². The van der Waals surface area contributed by atoms with Gasteiger partial charge in [0.2, 0.25) is 0 Å². The van der Waals surface area contributed by atoms with Crippen molar-refractivity contribution in [3.8, 4) is 22.6 Å². The zero-order valence-electron chi connectivity index (χ0n) is 16.9. The molecule has 1 aromatic heterocycles. The molecule has 1 aliphatic rings. The van der Waals surface area contributed by atoms with E-state index in [9.17, 15) is 13.9 Å². The van der Waals surface area contributed by atoms with Gasteiger partial charge < -0.3 is 9.84 Å². The van der Waals surface area contributed by atoms with Crippen LogP contribution < -0.4 is 4.74 Å². The Kier molecular flexibility index (Phi) is 5.99. The first-order chi connectivity index (χ1) is 14.6. The number of para-hydroxylation sites is 1. The van der Waals surface area contributed by atoms with E-state index in [1.54, 1.807) is 6.07 Å². The summed E-state index contributed by atoms with van der Waals surface area (Å²) < 4.78 is 34.2. The lowest BCUT2D eigenvalue weighted by Crippen LogP contribution is -2.34. The van der Waals surface area contributed by atoms with E-state index >= 15 is 0 Å².